The zero-order chi connectivity index (χ0) is 28.9. The van der Waals surface area contributed by atoms with Crippen LogP contribution in [0.3, 0.4) is 0 Å². The highest BCUT2D eigenvalue weighted by atomic mass is 19.4. The van der Waals surface area contributed by atoms with Gasteiger partial charge < -0.3 is 15.3 Å². The molecule has 0 spiro atoms. The molecule has 210 valence electrons. The van der Waals surface area contributed by atoms with Gasteiger partial charge in [-0.15, -0.1) is 0 Å². The van der Waals surface area contributed by atoms with Crippen LogP contribution in [0.15, 0.2) is 35.3 Å². The third-order valence-corrected chi connectivity index (χ3v) is 6.32. The van der Waals surface area contributed by atoms with Gasteiger partial charge in [0.2, 0.25) is 5.43 Å². The van der Waals surface area contributed by atoms with E-state index in [2.05, 4.69) is 4.98 Å². The number of carbonyl (C=O) groups is 1. The first-order valence-corrected chi connectivity index (χ1v) is 11.6. The van der Waals surface area contributed by atoms with E-state index in [0.29, 0.717) is 35.9 Å². The molecule has 1 aliphatic rings. The minimum absolute atomic E-state index is 0.147. The van der Waals surface area contributed by atoms with Crippen molar-refractivity contribution in [2.75, 3.05) is 18.0 Å². The molecule has 0 bridgehead atoms. The van der Waals surface area contributed by atoms with Crippen LogP contribution in [0.2, 0.25) is 0 Å². The van der Waals surface area contributed by atoms with Crippen molar-refractivity contribution in [3.05, 3.63) is 63.7 Å². The van der Waals surface area contributed by atoms with Crippen LogP contribution in [0.1, 0.15) is 30.1 Å². The number of aliphatic hydroxyl groups is 1. The number of benzene rings is 1. The van der Waals surface area contributed by atoms with Crippen molar-refractivity contribution < 1.29 is 45.0 Å². The minimum atomic E-state index is -6.02. The predicted molar refractivity (Wildman–Crippen MR) is 123 cm³/mol. The van der Waals surface area contributed by atoms with E-state index in [-0.39, 0.29) is 12.4 Å². The molecule has 2 atom stereocenters. The Balaban J connectivity index is 1.91. The van der Waals surface area contributed by atoms with Crippen LogP contribution in [-0.4, -0.2) is 57.9 Å². The molecule has 2 N–H and O–H groups in total. The molecule has 4 rings (SSSR count). The standard InChI is InChI=1S/C24H20F8N4O3/c1-2-17(23(28,29)24(30,31)32)33-22(39)14-10-36(19-15(26)7-11(25)8-16(19)27)21-13(20(14)38)3-4-18(34-21)35-6-5-12(37)9-35/h3-4,7-8,10,12,17,37H,2,5-6,9H2,1H3,(H,33,39). The topological polar surface area (TPSA) is 87.5 Å². The van der Waals surface area contributed by atoms with E-state index in [4.69, 9.17) is 0 Å². The molecule has 1 saturated heterocycles. The van der Waals surface area contributed by atoms with Gasteiger partial charge in [0.25, 0.3) is 5.91 Å². The van der Waals surface area contributed by atoms with E-state index in [1.807, 2.05) is 0 Å². The molecule has 39 heavy (non-hydrogen) atoms. The van der Waals surface area contributed by atoms with Gasteiger partial charge in [0.1, 0.15) is 28.9 Å². The molecule has 0 radical (unpaired) electrons. The van der Waals surface area contributed by atoms with Crippen molar-refractivity contribution in [1.82, 2.24) is 14.9 Å². The van der Waals surface area contributed by atoms with Gasteiger partial charge in [-0.25, -0.2) is 18.2 Å². The van der Waals surface area contributed by atoms with E-state index >= 15 is 0 Å². The van der Waals surface area contributed by atoms with Crippen LogP contribution in [0.4, 0.5) is 40.9 Å². The van der Waals surface area contributed by atoms with Gasteiger partial charge in [-0.2, -0.15) is 22.0 Å². The van der Waals surface area contributed by atoms with Gasteiger partial charge in [0.15, 0.2) is 17.3 Å². The summed E-state index contributed by atoms with van der Waals surface area (Å²) in [4.78, 5) is 31.8. The number of amides is 1. The summed E-state index contributed by atoms with van der Waals surface area (Å²) < 4.78 is 110. The number of rotatable bonds is 6. The summed E-state index contributed by atoms with van der Waals surface area (Å²) >= 11 is 0. The van der Waals surface area contributed by atoms with Gasteiger partial charge in [-0.3, -0.25) is 14.2 Å². The monoisotopic (exact) mass is 564 g/mol. The lowest BCUT2D eigenvalue weighted by Gasteiger charge is -2.28. The molecular formula is C24H20F8N4O3. The van der Waals surface area contributed by atoms with E-state index in [1.54, 1.807) is 4.90 Å². The fourth-order valence-electron chi connectivity index (χ4n) is 4.30. The molecule has 0 aliphatic carbocycles. The van der Waals surface area contributed by atoms with Crippen LogP contribution >= 0.6 is 0 Å². The van der Waals surface area contributed by atoms with Gasteiger partial charge >= 0.3 is 12.1 Å². The molecule has 2 aromatic heterocycles. The fraction of sp³-hybridized carbons (Fsp3) is 0.375. The predicted octanol–water partition coefficient (Wildman–Crippen LogP) is 4.08. The highest BCUT2D eigenvalue weighted by Gasteiger charge is 2.62. The van der Waals surface area contributed by atoms with Crippen molar-refractivity contribution in [2.45, 2.75) is 44.0 Å². The van der Waals surface area contributed by atoms with E-state index in [0.717, 1.165) is 13.0 Å². The van der Waals surface area contributed by atoms with E-state index in [9.17, 15) is 49.8 Å². The van der Waals surface area contributed by atoms with Crippen LogP contribution in [0, 0.1) is 17.5 Å². The summed E-state index contributed by atoms with van der Waals surface area (Å²) in [5.74, 6) is -11.1. The lowest BCUT2D eigenvalue weighted by molar-refractivity contribution is -0.292. The zero-order valence-electron chi connectivity index (χ0n) is 20.0. The summed E-state index contributed by atoms with van der Waals surface area (Å²) in [6.07, 6.45) is -6.67. The quantitative estimate of drug-likeness (QED) is 0.441. The number of nitrogens with one attached hydrogen (secondary N) is 1. The number of fused-ring (bicyclic) bond motifs is 1. The normalized spacial score (nSPS) is 17.1. The number of carbonyl (C=O) groups excluding carboxylic acids is 1. The lowest BCUT2D eigenvalue weighted by atomic mass is 10.1. The summed E-state index contributed by atoms with van der Waals surface area (Å²) in [7, 11) is 0. The van der Waals surface area contributed by atoms with Crippen LogP contribution < -0.4 is 15.6 Å². The van der Waals surface area contributed by atoms with Crippen LogP contribution in [0.5, 0.6) is 0 Å². The molecule has 7 nitrogen and oxygen atoms in total. The second-order valence-corrected chi connectivity index (χ2v) is 8.94. The van der Waals surface area contributed by atoms with Crippen molar-refractivity contribution in [3.8, 4) is 5.69 Å². The Morgan fingerprint density at radius 2 is 1.79 bits per heavy atom. The van der Waals surface area contributed by atoms with Crippen molar-refractivity contribution in [3.63, 3.8) is 0 Å². The summed E-state index contributed by atoms with van der Waals surface area (Å²) in [5.41, 5.74) is -3.61. The summed E-state index contributed by atoms with van der Waals surface area (Å²) in [6, 6.07) is 0.269. The van der Waals surface area contributed by atoms with Crippen molar-refractivity contribution in [1.29, 1.82) is 0 Å². The first kappa shape index (κ1) is 28.3. The van der Waals surface area contributed by atoms with Crippen molar-refractivity contribution in [2.24, 2.45) is 0 Å². The third-order valence-electron chi connectivity index (χ3n) is 6.32. The number of hydrogen-bond acceptors (Lipinski definition) is 5. The van der Waals surface area contributed by atoms with Gasteiger partial charge in [0, 0.05) is 31.4 Å². The summed E-state index contributed by atoms with van der Waals surface area (Å²) in [6.45, 7) is 1.44. The maximum absolute atomic E-state index is 14.8. The Morgan fingerprint density at radius 3 is 2.33 bits per heavy atom. The zero-order valence-corrected chi connectivity index (χ0v) is 20.0. The van der Waals surface area contributed by atoms with Gasteiger partial charge in [-0.05, 0) is 25.0 Å². The third kappa shape index (κ3) is 5.14. The highest BCUT2D eigenvalue weighted by Crippen LogP contribution is 2.39. The number of halogens is 8. The maximum atomic E-state index is 14.8. The smallest absolute Gasteiger partial charge is 0.391 e. The number of β-amino-alcohol motifs (C(OH)–C–C–N with tert-alkyl or cyclic N) is 1. The minimum Gasteiger partial charge on any atom is -0.391 e. The summed E-state index contributed by atoms with van der Waals surface area (Å²) in [5, 5.41) is 10.9. The van der Waals surface area contributed by atoms with E-state index < -0.39 is 81.7 Å². The molecule has 1 aliphatic heterocycles. The Kier molecular flexibility index (Phi) is 7.31. The average Bonchev–Trinajstić information content (AvgIpc) is 3.28. The number of aromatic nitrogens is 2. The van der Waals surface area contributed by atoms with Crippen LogP contribution in [0.25, 0.3) is 16.7 Å². The molecule has 2 unspecified atom stereocenters. The number of pyridine rings is 2. The fourth-order valence-corrected chi connectivity index (χ4v) is 4.30. The molecule has 3 aromatic rings. The molecule has 3 heterocycles. The Morgan fingerprint density at radius 1 is 1.15 bits per heavy atom. The van der Waals surface area contributed by atoms with Crippen LogP contribution in [-0.2, 0) is 0 Å². The Labute approximate surface area is 214 Å². The molecule has 1 fully saturated rings. The Bertz CT molecular complexity index is 1470. The van der Waals surface area contributed by atoms with Crippen molar-refractivity contribution >= 4 is 22.8 Å². The average molecular weight is 564 g/mol. The van der Waals surface area contributed by atoms with E-state index in [1.165, 1.54) is 11.4 Å². The number of nitrogens with zero attached hydrogens (tertiary/aromatic N) is 3. The molecule has 0 saturated carbocycles. The second-order valence-electron chi connectivity index (χ2n) is 8.94. The molecule has 1 amide bonds. The first-order chi connectivity index (χ1) is 18.2. The SMILES string of the molecule is CCC(NC(=O)c1cn(-c2c(F)cc(F)cc2F)c2nc(N3CCC(O)C3)ccc2c1=O)C(F)(F)C(F)(F)F. The molecule has 15 heteroatoms. The number of anilines is 1. The maximum Gasteiger partial charge on any atom is 0.455 e. The Hall–Kier alpha value is -3.75. The number of hydrogen-bond donors (Lipinski definition) is 2. The molecular weight excluding hydrogens is 544 g/mol. The second kappa shape index (κ2) is 10.1. The largest absolute Gasteiger partial charge is 0.455 e. The number of aliphatic hydroxyl groups excluding tert-OH is 1. The van der Waals surface area contributed by atoms with Gasteiger partial charge in [-0.1, -0.05) is 6.92 Å². The lowest BCUT2D eigenvalue weighted by Crippen LogP contribution is -2.55. The molecule has 1 aromatic carbocycles. The highest BCUT2D eigenvalue weighted by molar-refractivity contribution is 5.97. The first-order valence-electron chi connectivity index (χ1n) is 11.6. The number of alkyl halides is 5. The van der Waals surface area contributed by atoms with Gasteiger partial charge in [0.05, 0.1) is 11.5 Å².